The summed E-state index contributed by atoms with van der Waals surface area (Å²) in [6, 6.07) is 1.91. The number of halogens is 2. The third-order valence-corrected chi connectivity index (χ3v) is 6.68. The van der Waals surface area contributed by atoms with Crippen molar-refractivity contribution in [1.29, 1.82) is 0 Å². The Morgan fingerprint density at radius 3 is 2.65 bits per heavy atom. The van der Waals surface area contributed by atoms with Crippen molar-refractivity contribution in [2.24, 2.45) is 0 Å². The first-order chi connectivity index (χ1) is 8.02. The highest BCUT2D eigenvalue weighted by Crippen LogP contribution is 2.41. The number of hydrogen-bond acceptors (Lipinski definition) is 4. The molecule has 2 aromatic rings. The van der Waals surface area contributed by atoms with Gasteiger partial charge in [0.15, 0.2) is 5.69 Å². The molecule has 7 heteroatoms. The van der Waals surface area contributed by atoms with Crippen LogP contribution in [0.3, 0.4) is 0 Å². The van der Waals surface area contributed by atoms with Gasteiger partial charge in [-0.1, -0.05) is 6.92 Å². The lowest BCUT2D eigenvalue weighted by atomic mass is 10.3. The fraction of sp³-hybridized carbons (Fsp3) is 0.200. The number of thiophene rings is 1. The number of rotatable bonds is 3. The van der Waals surface area contributed by atoms with Crippen molar-refractivity contribution in [3.05, 3.63) is 25.0 Å². The van der Waals surface area contributed by atoms with Crippen molar-refractivity contribution in [1.82, 2.24) is 4.98 Å². The van der Waals surface area contributed by atoms with E-state index in [-0.39, 0.29) is 5.69 Å². The van der Waals surface area contributed by atoms with Crippen molar-refractivity contribution in [3.63, 3.8) is 0 Å². The van der Waals surface area contributed by atoms with Crippen LogP contribution in [0.1, 0.15) is 22.4 Å². The smallest absolute Gasteiger partial charge is 0.356 e. The first kappa shape index (κ1) is 13.2. The lowest BCUT2D eigenvalue weighted by molar-refractivity contribution is 0.0692. The van der Waals surface area contributed by atoms with E-state index in [0.717, 1.165) is 29.4 Å². The van der Waals surface area contributed by atoms with Crippen LogP contribution in [0.5, 0.6) is 0 Å². The van der Waals surface area contributed by atoms with Crippen LogP contribution in [0.25, 0.3) is 9.75 Å². The van der Waals surface area contributed by atoms with Gasteiger partial charge in [0.1, 0.15) is 0 Å². The lowest BCUT2D eigenvalue weighted by Crippen LogP contribution is -1.98. The molecule has 0 aromatic carbocycles. The van der Waals surface area contributed by atoms with Gasteiger partial charge >= 0.3 is 5.97 Å². The highest BCUT2D eigenvalue weighted by Gasteiger charge is 2.20. The van der Waals surface area contributed by atoms with Crippen LogP contribution in [-0.4, -0.2) is 16.1 Å². The average Bonchev–Trinajstić information content (AvgIpc) is 2.83. The molecule has 3 nitrogen and oxygen atoms in total. The monoisotopic (exact) mass is 395 g/mol. The molecule has 0 unspecified atom stereocenters. The molecule has 0 amide bonds. The molecule has 0 spiro atoms. The topological polar surface area (TPSA) is 50.2 Å². The van der Waals surface area contributed by atoms with Crippen LogP contribution in [0.4, 0.5) is 0 Å². The normalized spacial score (nSPS) is 10.8. The minimum atomic E-state index is -0.975. The van der Waals surface area contributed by atoms with Gasteiger partial charge in [0, 0.05) is 9.35 Å². The second-order valence-electron chi connectivity index (χ2n) is 3.18. The third kappa shape index (κ3) is 2.62. The highest BCUT2D eigenvalue weighted by molar-refractivity contribution is 9.13. The molecule has 2 rings (SSSR count). The molecule has 0 saturated carbocycles. The summed E-state index contributed by atoms with van der Waals surface area (Å²) in [6.45, 7) is 1.97. The maximum atomic E-state index is 11.1. The van der Waals surface area contributed by atoms with Gasteiger partial charge in [-0.25, -0.2) is 9.78 Å². The Balaban J connectivity index is 2.57. The molecular formula is C10H7Br2NO2S2. The molecule has 1 N–H and O–H groups in total. The second kappa shape index (κ2) is 5.17. The quantitative estimate of drug-likeness (QED) is 0.820. The summed E-state index contributed by atoms with van der Waals surface area (Å²) < 4.78 is 1.88. The number of aromatic carboxylic acids is 1. The Labute approximate surface area is 123 Å². The molecular weight excluding hydrogens is 390 g/mol. The molecule has 2 heterocycles. The van der Waals surface area contributed by atoms with E-state index in [1.807, 2.05) is 13.0 Å². The number of carboxylic acid groups (broad SMARTS) is 1. The van der Waals surface area contributed by atoms with Crippen molar-refractivity contribution < 1.29 is 9.90 Å². The van der Waals surface area contributed by atoms with Crippen LogP contribution in [0, 0.1) is 0 Å². The van der Waals surface area contributed by atoms with Gasteiger partial charge in [0.25, 0.3) is 0 Å². The van der Waals surface area contributed by atoms with Gasteiger partial charge in [-0.3, -0.25) is 0 Å². The minimum Gasteiger partial charge on any atom is -0.476 e. The summed E-state index contributed by atoms with van der Waals surface area (Å²) >= 11 is 9.75. The van der Waals surface area contributed by atoms with E-state index >= 15 is 0 Å². The Morgan fingerprint density at radius 2 is 2.18 bits per heavy atom. The number of aryl methyl sites for hydroxylation is 1. The van der Waals surface area contributed by atoms with Gasteiger partial charge < -0.3 is 5.11 Å². The first-order valence-electron chi connectivity index (χ1n) is 4.71. The van der Waals surface area contributed by atoms with Crippen LogP contribution < -0.4 is 0 Å². The van der Waals surface area contributed by atoms with Crippen molar-refractivity contribution in [2.75, 3.05) is 0 Å². The molecule has 0 radical (unpaired) electrons. The Hall–Kier alpha value is -0.240. The van der Waals surface area contributed by atoms with Crippen molar-refractivity contribution in [2.45, 2.75) is 13.3 Å². The molecule has 0 saturated heterocycles. The van der Waals surface area contributed by atoms with E-state index in [9.17, 15) is 4.79 Å². The predicted octanol–water partition coefficient (Wildman–Crippen LogP) is 4.66. The Morgan fingerprint density at radius 1 is 1.47 bits per heavy atom. The first-order valence-corrected chi connectivity index (χ1v) is 7.93. The van der Waals surface area contributed by atoms with E-state index in [1.54, 1.807) is 0 Å². The second-order valence-corrected chi connectivity index (χ2v) is 7.48. The highest BCUT2D eigenvalue weighted by atomic mass is 79.9. The summed E-state index contributed by atoms with van der Waals surface area (Å²) in [5.41, 5.74) is 0.146. The van der Waals surface area contributed by atoms with Crippen LogP contribution >= 0.6 is 54.5 Å². The maximum absolute atomic E-state index is 11.1. The number of thiazole rings is 1. The van der Waals surface area contributed by atoms with Gasteiger partial charge in [-0.05, 0) is 44.3 Å². The predicted molar refractivity (Wildman–Crippen MR) is 77.2 cm³/mol. The average molecular weight is 397 g/mol. The zero-order valence-corrected chi connectivity index (χ0v) is 13.5. The molecule has 90 valence electrons. The molecule has 0 aliphatic rings. The fourth-order valence-corrected chi connectivity index (χ4v) is 4.42. The summed E-state index contributed by atoms with van der Waals surface area (Å²) in [5, 5.41) is 9.98. The standard InChI is InChI=1S/C10H7Br2NO2S2/c1-2-6-13-7(10(14)15)8(17-6)5-3-4(11)9(12)16-5/h3H,2H2,1H3,(H,14,15). The maximum Gasteiger partial charge on any atom is 0.356 e. The summed E-state index contributed by atoms with van der Waals surface area (Å²) in [4.78, 5) is 16.9. The SMILES string of the molecule is CCc1nc(C(=O)O)c(-c2cc(Br)c(Br)s2)s1. The van der Waals surface area contributed by atoms with Gasteiger partial charge in [-0.2, -0.15) is 0 Å². The minimum absolute atomic E-state index is 0.146. The molecule has 0 bridgehead atoms. The van der Waals surface area contributed by atoms with Gasteiger partial charge in [-0.15, -0.1) is 22.7 Å². The molecule has 0 atom stereocenters. The van der Waals surface area contributed by atoms with E-state index in [2.05, 4.69) is 36.8 Å². The van der Waals surface area contributed by atoms with E-state index in [1.165, 1.54) is 22.7 Å². The molecule has 0 fully saturated rings. The third-order valence-electron chi connectivity index (χ3n) is 2.05. The van der Waals surface area contributed by atoms with Crippen molar-refractivity contribution in [3.8, 4) is 9.75 Å². The van der Waals surface area contributed by atoms with Crippen LogP contribution in [-0.2, 0) is 6.42 Å². The molecule has 17 heavy (non-hydrogen) atoms. The number of aromatic nitrogens is 1. The lowest BCUT2D eigenvalue weighted by Gasteiger charge is -1.92. The fourth-order valence-electron chi connectivity index (χ4n) is 1.29. The largest absolute Gasteiger partial charge is 0.476 e. The number of nitrogens with zero attached hydrogens (tertiary/aromatic N) is 1. The molecule has 2 aromatic heterocycles. The van der Waals surface area contributed by atoms with Crippen molar-refractivity contribution >= 4 is 60.5 Å². The summed E-state index contributed by atoms with van der Waals surface area (Å²) in [5.74, 6) is -0.975. The zero-order valence-electron chi connectivity index (χ0n) is 8.66. The number of hydrogen-bond donors (Lipinski definition) is 1. The molecule has 0 aliphatic carbocycles. The van der Waals surface area contributed by atoms with Crippen LogP contribution in [0.2, 0.25) is 0 Å². The Kier molecular flexibility index (Phi) is 4.02. The van der Waals surface area contributed by atoms with E-state index in [4.69, 9.17) is 5.11 Å². The van der Waals surface area contributed by atoms with E-state index < -0.39 is 5.97 Å². The summed E-state index contributed by atoms with van der Waals surface area (Å²) in [6.07, 6.45) is 0.749. The number of carboxylic acids is 1. The van der Waals surface area contributed by atoms with E-state index in [0.29, 0.717) is 0 Å². The zero-order chi connectivity index (χ0) is 12.6. The summed E-state index contributed by atoms with van der Waals surface area (Å²) in [7, 11) is 0. The Bertz CT molecular complexity index is 557. The van der Waals surface area contributed by atoms with Gasteiger partial charge in [0.05, 0.1) is 13.7 Å². The molecule has 0 aliphatic heterocycles. The van der Waals surface area contributed by atoms with Crippen LogP contribution in [0.15, 0.2) is 14.3 Å². The van der Waals surface area contributed by atoms with Gasteiger partial charge in [0.2, 0.25) is 0 Å². The number of carbonyl (C=O) groups is 1.